The van der Waals surface area contributed by atoms with Crippen LogP contribution in [-0.2, 0) is 17.0 Å². The molecule has 0 bridgehead atoms. The fourth-order valence-corrected chi connectivity index (χ4v) is 4.30. The van der Waals surface area contributed by atoms with E-state index in [1.54, 1.807) is 18.9 Å². The van der Waals surface area contributed by atoms with Gasteiger partial charge in [-0.1, -0.05) is 27.7 Å². The first kappa shape index (κ1) is 17.6. The minimum atomic E-state index is 0.598. The zero-order valence-corrected chi connectivity index (χ0v) is 16.5. The summed E-state index contributed by atoms with van der Waals surface area (Å²) in [4.78, 5) is 4.69. The molecule has 0 aliphatic carbocycles. The highest BCUT2D eigenvalue weighted by Crippen LogP contribution is 2.37. The predicted molar refractivity (Wildman–Crippen MR) is 98.3 cm³/mol. The molecule has 0 saturated heterocycles. The second-order valence-corrected chi connectivity index (χ2v) is 7.38. The Morgan fingerprint density at radius 3 is 2.67 bits per heavy atom. The molecule has 5 nitrogen and oxygen atoms in total. The zero-order chi connectivity index (χ0) is 17.1. The fraction of sp³-hybridized carbons (Fsp3) is 0.471. The van der Waals surface area contributed by atoms with Crippen molar-refractivity contribution in [1.82, 2.24) is 9.55 Å². The van der Waals surface area contributed by atoms with Gasteiger partial charge in [0.1, 0.15) is 13.2 Å². The Balaban J connectivity index is 1.77. The van der Waals surface area contributed by atoms with Gasteiger partial charge >= 0.3 is 0 Å². The van der Waals surface area contributed by atoms with Crippen LogP contribution in [0.15, 0.2) is 21.8 Å². The lowest BCUT2D eigenvalue weighted by Gasteiger charge is -2.20. The number of thioether (sulfide) groups is 1. The van der Waals surface area contributed by atoms with Crippen molar-refractivity contribution in [1.29, 1.82) is 0 Å². The van der Waals surface area contributed by atoms with Gasteiger partial charge in [0.25, 0.3) is 0 Å². The SMILES string of the molecule is COCCn1c(SCc2cc3c(cc2Br)OCCO3)nc(C)c1C. The average Bonchev–Trinajstić information content (AvgIpc) is 2.85. The number of imidazole rings is 1. The number of rotatable bonds is 6. The van der Waals surface area contributed by atoms with E-state index in [1.807, 2.05) is 19.1 Å². The van der Waals surface area contributed by atoms with Crippen molar-refractivity contribution in [3.8, 4) is 11.5 Å². The van der Waals surface area contributed by atoms with Gasteiger partial charge in [-0.15, -0.1) is 0 Å². The molecular weight excluding hydrogens is 392 g/mol. The first-order chi connectivity index (χ1) is 11.6. The van der Waals surface area contributed by atoms with E-state index in [4.69, 9.17) is 19.2 Å². The molecule has 1 aromatic heterocycles. The van der Waals surface area contributed by atoms with Gasteiger partial charge in [0.15, 0.2) is 16.7 Å². The molecule has 7 heteroatoms. The second kappa shape index (κ2) is 7.80. The third kappa shape index (κ3) is 3.73. The van der Waals surface area contributed by atoms with Crippen molar-refractivity contribution in [2.24, 2.45) is 0 Å². The summed E-state index contributed by atoms with van der Waals surface area (Å²) in [6, 6.07) is 4.03. The number of hydrogen-bond donors (Lipinski definition) is 0. The first-order valence-corrected chi connectivity index (χ1v) is 9.61. The maximum Gasteiger partial charge on any atom is 0.168 e. The second-order valence-electron chi connectivity index (χ2n) is 5.59. The van der Waals surface area contributed by atoms with E-state index >= 15 is 0 Å². The maximum absolute atomic E-state index is 5.68. The van der Waals surface area contributed by atoms with E-state index < -0.39 is 0 Å². The molecule has 0 N–H and O–H groups in total. The molecule has 0 amide bonds. The van der Waals surface area contributed by atoms with Crippen molar-refractivity contribution in [2.45, 2.75) is 31.3 Å². The van der Waals surface area contributed by atoms with E-state index in [0.29, 0.717) is 19.8 Å². The smallest absolute Gasteiger partial charge is 0.168 e. The van der Waals surface area contributed by atoms with Crippen molar-refractivity contribution in [3.63, 3.8) is 0 Å². The number of benzene rings is 1. The minimum absolute atomic E-state index is 0.598. The van der Waals surface area contributed by atoms with Gasteiger partial charge in [-0.2, -0.15) is 0 Å². The van der Waals surface area contributed by atoms with Crippen LogP contribution in [0.25, 0.3) is 0 Å². The van der Waals surface area contributed by atoms with Crippen LogP contribution in [0.2, 0.25) is 0 Å². The molecule has 2 heterocycles. The third-order valence-corrected chi connectivity index (χ3v) is 5.77. The summed E-state index contributed by atoms with van der Waals surface area (Å²) in [5.41, 5.74) is 3.42. The normalized spacial score (nSPS) is 13.3. The molecule has 1 aliphatic rings. The van der Waals surface area contributed by atoms with Crippen LogP contribution in [0.4, 0.5) is 0 Å². The van der Waals surface area contributed by atoms with Crippen LogP contribution in [0.5, 0.6) is 11.5 Å². The highest BCUT2D eigenvalue weighted by Gasteiger charge is 2.17. The molecule has 1 aliphatic heterocycles. The Bertz CT molecular complexity index is 733. The molecule has 24 heavy (non-hydrogen) atoms. The number of halogens is 1. The number of aromatic nitrogens is 2. The van der Waals surface area contributed by atoms with Crippen molar-refractivity contribution < 1.29 is 14.2 Å². The van der Waals surface area contributed by atoms with E-state index in [0.717, 1.165) is 39.1 Å². The Morgan fingerprint density at radius 2 is 1.96 bits per heavy atom. The minimum Gasteiger partial charge on any atom is -0.486 e. The predicted octanol–water partition coefficient (Wildman–Crippen LogP) is 3.97. The van der Waals surface area contributed by atoms with Crippen LogP contribution in [-0.4, -0.2) is 36.5 Å². The van der Waals surface area contributed by atoms with Crippen LogP contribution < -0.4 is 9.47 Å². The largest absolute Gasteiger partial charge is 0.486 e. The van der Waals surface area contributed by atoms with Gasteiger partial charge in [-0.25, -0.2) is 4.98 Å². The quantitative estimate of drug-likeness (QED) is 0.671. The number of aryl methyl sites for hydroxylation is 1. The average molecular weight is 413 g/mol. The number of ether oxygens (including phenoxy) is 3. The van der Waals surface area contributed by atoms with Crippen LogP contribution in [0.1, 0.15) is 17.0 Å². The van der Waals surface area contributed by atoms with Gasteiger partial charge in [0, 0.05) is 29.6 Å². The van der Waals surface area contributed by atoms with Crippen molar-refractivity contribution in [3.05, 3.63) is 33.6 Å². The standard InChI is InChI=1S/C17H21BrN2O3S/c1-11-12(2)20(4-5-21-3)17(19-11)24-10-13-8-15-16(9-14(13)18)23-7-6-22-15/h8-9H,4-7,10H2,1-3H3. The fourth-order valence-electron chi connectivity index (χ4n) is 2.54. The molecule has 0 atom stereocenters. The van der Waals surface area contributed by atoms with E-state index in [-0.39, 0.29) is 0 Å². The highest BCUT2D eigenvalue weighted by atomic mass is 79.9. The Hall–Kier alpha value is -1.18. The Morgan fingerprint density at radius 1 is 1.25 bits per heavy atom. The molecule has 3 rings (SSSR count). The summed E-state index contributed by atoms with van der Waals surface area (Å²) >= 11 is 5.35. The van der Waals surface area contributed by atoms with E-state index in [9.17, 15) is 0 Å². The summed E-state index contributed by atoms with van der Waals surface area (Å²) in [6.07, 6.45) is 0. The molecule has 0 unspecified atom stereocenters. The lowest BCUT2D eigenvalue weighted by molar-refractivity contribution is 0.171. The Kier molecular flexibility index (Phi) is 5.73. The number of hydrogen-bond acceptors (Lipinski definition) is 5. The zero-order valence-electron chi connectivity index (χ0n) is 14.1. The highest BCUT2D eigenvalue weighted by molar-refractivity contribution is 9.10. The summed E-state index contributed by atoms with van der Waals surface area (Å²) in [5.74, 6) is 2.42. The first-order valence-electron chi connectivity index (χ1n) is 7.83. The Labute approximate surface area is 154 Å². The number of fused-ring (bicyclic) bond motifs is 1. The number of methoxy groups -OCH3 is 1. The van der Waals surface area contributed by atoms with Crippen LogP contribution in [0.3, 0.4) is 0 Å². The van der Waals surface area contributed by atoms with Crippen molar-refractivity contribution >= 4 is 27.7 Å². The summed E-state index contributed by atoms with van der Waals surface area (Å²) < 4.78 is 19.8. The van der Waals surface area contributed by atoms with Gasteiger partial charge in [0.05, 0.1) is 12.3 Å². The summed E-state index contributed by atoms with van der Waals surface area (Å²) in [7, 11) is 1.72. The summed E-state index contributed by atoms with van der Waals surface area (Å²) in [6.45, 7) is 6.83. The van der Waals surface area contributed by atoms with Gasteiger partial charge in [-0.05, 0) is 31.5 Å². The molecule has 0 spiro atoms. The molecule has 1 aromatic carbocycles. The lowest BCUT2D eigenvalue weighted by atomic mass is 10.2. The van der Waals surface area contributed by atoms with E-state index in [2.05, 4.69) is 27.4 Å². The maximum atomic E-state index is 5.68. The van der Waals surface area contributed by atoms with Gasteiger partial charge in [0.2, 0.25) is 0 Å². The molecule has 2 aromatic rings. The monoisotopic (exact) mass is 412 g/mol. The molecular formula is C17H21BrN2O3S. The van der Waals surface area contributed by atoms with Crippen molar-refractivity contribution in [2.75, 3.05) is 26.9 Å². The van der Waals surface area contributed by atoms with Crippen LogP contribution >= 0.6 is 27.7 Å². The molecule has 0 fully saturated rings. The summed E-state index contributed by atoms with van der Waals surface area (Å²) in [5, 5.41) is 1.02. The van der Waals surface area contributed by atoms with Crippen LogP contribution in [0, 0.1) is 13.8 Å². The molecule has 0 radical (unpaired) electrons. The van der Waals surface area contributed by atoms with Gasteiger partial charge < -0.3 is 18.8 Å². The van der Waals surface area contributed by atoms with Gasteiger partial charge in [-0.3, -0.25) is 0 Å². The molecule has 130 valence electrons. The van der Waals surface area contributed by atoms with E-state index in [1.165, 1.54) is 11.3 Å². The molecule has 0 saturated carbocycles. The third-order valence-electron chi connectivity index (χ3n) is 4.01. The topological polar surface area (TPSA) is 45.5 Å². The lowest BCUT2D eigenvalue weighted by Crippen LogP contribution is -2.15. The number of nitrogens with zero attached hydrogens (tertiary/aromatic N) is 2.